The third-order valence-corrected chi connectivity index (χ3v) is 2.50. The van der Waals surface area contributed by atoms with Gasteiger partial charge in [-0.3, -0.25) is 10.1 Å². The van der Waals surface area contributed by atoms with Crippen LogP contribution in [0.4, 0.5) is 5.69 Å². The highest BCUT2D eigenvalue weighted by molar-refractivity contribution is 5.63. The summed E-state index contributed by atoms with van der Waals surface area (Å²) in [6, 6.07) is 4.14. The van der Waals surface area contributed by atoms with E-state index >= 15 is 0 Å². The van der Waals surface area contributed by atoms with Crippen LogP contribution in [0.5, 0.6) is 0 Å². The Morgan fingerprint density at radius 3 is 2.78 bits per heavy atom. The van der Waals surface area contributed by atoms with Gasteiger partial charge in [0.05, 0.1) is 11.0 Å². The first-order valence-electron chi connectivity index (χ1n) is 5.33. The van der Waals surface area contributed by atoms with E-state index in [4.69, 9.17) is 10.3 Å². The summed E-state index contributed by atoms with van der Waals surface area (Å²) >= 11 is 0. The van der Waals surface area contributed by atoms with E-state index in [0.717, 1.165) is 5.56 Å². The van der Waals surface area contributed by atoms with E-state index in [1.54, 1.807) is 13.0 Å². The molecule has 7 heteroatoms. The number of aromatic nitrogens is 2. The van der Waals surface area contributed by atoms with Gasteiger partial charge in [0.15, 0.2) is 0 Å². The summed E-state index contributed by atoms with van der Waals surface area (Å²) in [5, 5.41) is 14.5. The van der Waals surface area contributed by atoms with Crippen LogP contribution < -0.4 is 5.73 Å². The number of nitro benzene ring substituents is 1. The standard InChI is InChI=1S/C11H12N4O3/c1-6-3-4-8(15(16)17)5-9(6)10-13-11(7(2)12)18-14-10/h3-5,7H,12H2,1-2H3. The van der Waals surface area contributed by atoms with E-state index in [1.165, 1.54) is 12.1 Å². The Labute approximate surface area is 103 Å². The van der Waals surface area contributed by atoms with Crippen LogP contribution in [0.2, 0.25) is 0 Å². The van der Waals surface area contributed by atoms with Gasteiger partial charge >= 0.3 is 0 Å². The molecule has 94 valence electrons. The predicted octanol–water partition coefficient (Wildman–Crippen LogP) is 1.97. The first kappa shape index (κ1) is 12.2. The summed E-state index contributed by atoms with van der Waals surface area (Å²) in [6.07, 6.45) is 0. The normalized spacial score (nSPS) is 12.4. The molecule has 0 fully saturated rings. The van der Waals surface area contributed by atoms with E-state index in [0.29, 0.717) is 17.3 Å². The number of nitrogens with zero attached hydrogens (tertiary/aromatic N) is 3. The molecule has 0 saturated heterocycles. The number of nitro groups is 1. The van der Waals surface area contributed by atoms with Gasteiger partial charge in [0.25, 0.3) is 5.69 Å². The third kappa shape index (κ3) is 2.21. The summed E-state index contributed by atoms with van der Waals surface area (Å²) in [6.45, 7) is 3.54. The molecule has 2 N–H and O–H groups in total. The second-order valence-corrected chi connectivity index (χ2v) is 4.00. The fourth-order valence-electron chi connectivity index (χ4n) is 1.49. The van der Waals surface area contributed by atoms with Crippen molar-refractivity contribution in [2.24, 2.45) is 5.73 Å². The molecule has 0 radical (unpaired) electrons. The maximum atomic E-state index is 10.7. The minimum absolute atomic E-state index is 0.0113. The van der Waals surface area contributed by atoms with Crippen molar-refractivity contribution >= 4 is 5.69 Å². The van der Waals surface area contributed by atoms with Crippen molar-refractivity contribution in [1.29, 1.82) is 0 Å². The summed E-state index contributed by atoms with van der Waals surface area (Å²) in [5.74, 6) is 0.611. The number of nitrogens with two attached hydrogens (primary N) is 1. The molecule has 0 bridgehead atoms. The molecule has 0 aliphatic rings. The average molecular weight is 248 g/mol. The predicted molar refractivity (Wildman–Crippen MR) is 63.7 cm³/mol. The number of rotatable bonds is 3. The zero-order chi connectivity index (χ0) is 13.3. The van der Waals surface area contributed by atoms with E-state index in [9.17, 15) is 10.1 Å². The lowest BCUT2D eigenvalue weighted by Gasteiger charge is -2.00. The fraction of sp³-hybridized carbons (Fsp3) is 0.273. The number of hydrogen-bond acceptors (Lipinski definition) is 6. The number of hydrogen-bond donors (Lipinski definition) is 1. The van der Waals surface area contributed by atoms with Crippen molar-refractivity contribution in [2.75, 3.05) is 0 Å². The smallest absolute Gasteiger partial charge is 0.270 e. The average Bonchev–Trinajstić information content (AvgIpc) is 2.78. The van der Waals surface area contributed by atoms with Crippen LogP contribution in [0.1, 0.15) is 24.4 Å². The molecule has 0 saturated carbocycles. The minimum atomic E-state index is -0.463. The molecular formula is C11H12N4O3. The Balaban J connectivity index is 2.48. The molecule has 1 atom stereocenters. The number of aryl methyl sites for hydroxylation is 1. The highest BCUT2D eigenvalue weighted by Crippen LogP contribution is 2.26. The highest BCUT2D eigenvalue weighted by Gasteiger charge is 2.16. The molecule has 7 nitrogen and oxygen atoms in total. The molecule has 0 aliphatic heterocycles. The van der Waals surface area contributed by atoms with Crippen LogP contribution in [-0.4, -0.2) is 15.1 Å². The van der Waals surface area contributed by atoms with Crippen molar-refractivity contribution in [3.05, 3.63) is 39.8 Å². The van der Waals surface area contributed by atoms with Crippen LogP contribution >= 0.6 is 0 Å². The molecule has 18 heavy (non-hydrogen) atoms. The van der Waals surface area contributed by atoms with E-state index in [1.807, 2.05) is 6.92 Å². The Bertz CT molecular complexity index is 592. The first-order chi connectivity index (χ1) is 8.49. The SMILES string of the molecule is Cc1ccc([N+](=O)[O-])cc1-c1noc(C(C)N)n1. The molecule has 0 spiro atoms. The zero-order valence-electron chi connectivity index (χ0n) is 9.95. The number of benzene rings is 1. The summed E-state index contributed by atoms with van der Waals surface area (Å²) in [5.41, 5.74) is 7.01. The second-order valence-electron chi connectivity index (χ2n) is 4.00. The lowest BCUT2D eigenvalue weighted by molar-refractivity contribution is -0.384. The van der Waals surface area contributed by atoms with Gasteiger partial charge in [-0.05, 0) is 19.4 Å². The van der Waals surface area contributed by atoms with Gasteiger partial charge in [0.2, 0.25) is 11.7 Å². The van der Waals surface area contributed by atoms with Crippen LogP contribution in [0.15, 0.2) is 22.7 Å². The monoisotopic (exact) mass is 248 g/mol. The largest absolute Gasteiger partial charge is 0.337 e. The van der Waals surface area contributed by atoms with Crippen LogP contribution in [0.25, 0.3) is 11.4 Å². The maximum absolute atomic E-state index is 10.7. The van der Waals surface area contributed by atoms with Gasteiger partial charge in [-0.1, -0.05) is 11.2 Å². The lowest BCUT2D eigenvalue weighted by Crippen LogP contribution is -2.04. The van der Waals surface area contributed by atoms with Gasteiger partial charge < -0.3 is 10.3 Å². The molecule has 1 aromatic heterocycles. The molecule has 0 amide bonds. The zero-order valence-corrected chi connectivity index (χ0v) is 9.95. The Morgan fingerprint density at radius 1 is 1.50 bits per heavy atom. The molecule has 1 aromatic carbocycles. The molecule has 0 aliphatic carbocycles. The van der Waals surface area contributed by atoms with E-state index in [-0.39, 0.29) is 11.7 Å². The summed E-state index contributed by atoms with van der Waals surface area (Å²) < 4.78 is 4.98. The topological polar surface area (TPSA) is 108 Å². The third-order valence-electron chi connectivity index (χ3n) is 2.50. The van der Waals surface area contributed by atoms with Gasteiger partial charge in [0, 0.05) is 17.7 Å². The second kappa shape index (κ2) is 4.53. The highest BCUT2D eigenvalue weighted by atomic mass is 16.6. The van der Waals surface area contributed by atoms with Gasteiger partial charge in [0.1, 0.15) is 0 Å². The summed E-state index contributed by atoms with van der Waals surface area (Å²) in [4.78, 5) is 14.4. The van der Waals surface area contributed by atoms with Gasteiger partial charge in [-0.2, -0.15) is 4.98 Å². The Morgan fingerprint density at radius 2 is 2.22 bits per heavy atom. The summed E-state index contributed by atoms with van der Waals surface area (Å²) in [7, 11) is 0. The van der Waals surface area contributed by atoms with Crippen molar-refractivity contribution in [2.45, 2.75) is 19.9 Å². The van der Waals surface area contributed by atoms with E-state index in [2.05, 4.69) is 10.1 Å². The molecule has 2 rings (SSSR count). The Kier molecular flexibility index (Phi) is 3.07. The molecule has 1 heterocycles. The van der Waals surface area contributed by atoms with Gasteiger partial charge in [-0.15, -0.1) is 0 Å². The number of non-ortho nitro benzene ring substituents is 1. The van der Waals surface area contributed by atoms with Crippen molar-refractivity contribution in [3.8, 4) is 11.4 Å². The quantitative estimate of drug-likeness (QED) is 0.657. The van der Waals surface area contributed by atoms with E-state index < -0.39 is 4.92 Å². The molecule has 2 aromatic rings. The molecular weight excluding hydrogens is 236 g/mol. The fourth-order valence-corrected chi connectivity index (χ4v) is 1.49. The van der Waals surface area contributed by atoms with Crippen molar-refractivity contribution in [3.63, 3.8) is 0 Å². The maximum Gasteiger partial charge on any atom is 0.270 e. The van der Waals surface area contributed by atoms with Crippen LogP contribution in [0, 0.1) is 17.0 Å². The van der Waals surface area contributed by atoms with Gasteiger partial charge in [-0.25, -0.2) is 0 Å². The van der Waals surface area contributed by atoms with Crippen LogP contribution in [-0.2, 0) is 0 Å². The van der Waals surface area contributed by atoms with Crippen molar-refractivity contribution in [1.82, 2.24) is 10.1 Å². The van der Waals surface area contributed by atoms with Crippen molar-refractivity contribution < 1.29 is 9.45 Å². The Hall–Kier alpha value is -2.28. The van der Waals surface area contributed by atoms with Crippen LogP contribution in [0.3, 0.4) is 0 Å². The first-order valence-corrected chi connectivity index (χ1v) is 5.33. The molecule has 1 unspecified atom stereocenters. The lowest BCUT2D eigenvalue weighted by atomic mass is 10.1. The minimum Gasteiger partial charge on any atom is -0.337 e.